The van der Waals surface area contributed by atoms with Gasteiger partial charge in [0.2, 0.25) is 5.91 Å². The zero-order valence-electron chi connectivity index (χ0n) is 16.6. The molecule has 0 radical (unpaired) electrons. The first-order valence-electron chi connectivity index (χ1n) is 9.53. The number of para-hydroxylation sites is 1. The molecule has 0 fully saturated rings. The van der Waals surface area contributed by atoms with Gasteiger partial charge < -0.3 is 10.6 Å². The van der Waals surface area contributed by atoms with Gasteiger partial charge in [-0.25, -0.2) is 0 Å². The number of hydrogen-bond acceptors (Lipinski definition) is 2. The molecule has 0 aromatic heterocycles. The first kappa shape index (κ1) is 20.1. The third-order valence-corrected chi connectivity index (χ3v) is 4.58. The van der Waals surface area contributed by atoms with Gasteiger partial charge in [0.15, 0.2) is 0 Å². The van der Waals surface area contributed by atoms with Crippen molar-refractivity contribution in [3.05, 3.63) is 107 Å². The van der Waals surface area contributed by atoms with E-state index in [0.29, 0.717) is 11.3 Å². The summed E-state index contributed by atoms with van der Waals surface area (Å²) in [6, 6.07) is 24.5. The fraction of sp³-hybridized carbons (Fsp3) is 0.120. The number of amides is 2. The average Bonchev–Trinajstić information content (AvgIpc) is 2.74. The second-order valence-corrected chi connectivity index (χ2v) is 6.88. The van der Waals surface area contributed by atoms with E-state index in [0.717, 1.165) is 16.7 Å². The number of hydrogen-bond donors (Lipinski definition) is 2. The van der Waals surface area contributed by atoms with Crippen LogP contribution in [0.5, 0.6) is 0 Å². The SMILES string of the molecule is Cc1ccc(C=CC(=O)Nc2ccccc2C(=O)NC(C)c2ccccc2)cc1. The van der Waals surface area contributed by atoms with E-state index in [4.69, 9.17) is 0 Å². The molecule has 2 amide bonds. The van der Waals surface area contributed by atoms with Crippen LogP contribution in [0.2, 0.25) is 0 Å². The lowest BCUT2D eigenvalue weighted by Gasteiger charge is -2.16. The molecule has 3 aromatic rings. The molecular formula is C25H24N2O2. The molecule has 4 nitrogen and oxygen atoms in total. The van der Waals surface area contributed by atoms with Crippen molar-refractivity contribution in [2.24, 2.45) is 0 Å². The second-order valence-electron chi connectivity index (χ2n) is 6.88. The molecule has 1 unspecified atom stereocenters. The van der Waals surface area contributed by atoms with Crippen molar-refractivity contribution in [3.8, 4) is 0 Å². The first-order valence-corrected chi connectivity index (χ1v) is 9.53. The van der Waals surface area contributed by atoms with Crippen LogP contribution in [0.15, 0.2) is 84.9 Å². The van der Waals surface area contributed by atoms with Crippen molar-refractivity contribution in [2.45, 2.75) is 19.9 Å². The van der Waals surface area contributed by atoms with Gasteiger partial charge in [-0.2, -0.15) is 0 Å². The van der Waals surface area contributed by atoms with Gasteiger partial charge in [0.05, 0.1) is 17.3 Å². The van der Waals surface area contributed by atoms with Gasteiger partial charge in [-0.1, -0.05) is 72.3 Å². The minimum absolute atomic E-state index is 0.145. The summed E-state index contributed by atoms with van der Waals surface area (Å²) in [4.78, 5) is 25.1. The Bertz CT molecular complexity index is 1010. The van der Waals surface area contributed by atoms with Gasteiger partial charge in [0, 0.05) is 6.08 Å². The van der Waals surface area contributed by atoms with Crippen molar-refractivity contribution in [1.29, 1.82) is 0 Å². The highest BCUT2D eigenvalue weighted by atomic mass is 16.2. The summed E-state index contributed by atoms with van der Waals surface area (Å²) in [5.41, 5.74) is 4.02. The van der Waals surface area contributed by atoms with Crippen molar-refractivity contribution in [2.75, 3.05) is 5.32 Å². The minimum Gasteiger partial charge on any atom is -0.345 e. The van der Waals surface area contributed by atoms with Crippen LogP contribution < -0.4 is 10.6 Å². The number of benzene rings is 3. The predicted octanol–water partition coefficient (Wildman–Crippen LogP) is 5.14. The van der Waals surface area contributed by atoms with Gasteiger partial charge >= 0.3 is 0 Å². The Balaban J connectivity index is 1.68. The quantitative estimate of drug-likeness (QED) is 0.578. The lowest BCUT2D eigenvalue weighted by molar-refractivity contribution is -0.111. The lowest BCUT2D eigenvalue weighted by Crippen LogP contribution is -2.27. The third-order valence-electron chi connectivity index (χ3n) is 4.58. The highest BCUT2D eigenvalue weighted by Gasteiger charge is 2.15. The summed E-state index contributed by atoms with van der Waals surface area (Å²) in [5, 5.41) is 5.78. The number of anilines is 1. The van der Waals surface area contributed by atoms with E-state index in [1.54, 1.807) is 30.3 Å². The molecule has 0 aliphatic rings. The Morgan fingerprint density at radius 1 is 0.862 bits per heavy atom. The molecule has 3 aromatic carbocycles. The minimum atomic E-state index is -0.290. The standard InChI is InChI=1S/C25H24N2O2/c1-18-12-14-20(15-13-18)16-17-24(28)27-23-11-7-6-10-22(23)25(29)26-19(2)21-8-4-3-5-9-21/h3-17,19H,1-2H3,(H,26,29)(H,27,28). The van der Waals surface area contributed by atoms with E-state index in [1.807, 2.05) is 68.4 Å². The highest BCUT2D eigenvalue weighted by Crippen LogP contribution is 2.18. The first-order chi connectivity index (χ1) is 14.0. The van der Waals surface area contributed by atoms with E-state index < -0.39 is 0 Å². The molecule has 3 rings (SSSR count). The van der Waals surface area contributed by atoms with Crippen LogP contribution in [0.4, 0.5) is 5.69 Å². The van der Waals surface area contributed by atoms with Gasteiger partial charge in [-0.15, -0.1) is 0 Å². The Kier molecular flexibility index (Phi) is 6.59. The normalized spacial score (nSPS) is 11.8. The number of carbonyl (C=O) groups is 2. The monoisotopic (exact) mass is 384 g/mol. The highest BCUT2D eigenvalue weighted by molar-refractivity contribution is 6.07. The topological polar surface area (TPSA) is 58.2 Å². The molecule has 1 atom stereocenters. The van der Waals surface area contributed by atoms with Crippen LogP contribution >= 0.6 is 0 Å². The van der Waals surface area contributed by atoms with Crippen LogP contribution in [-0.2, 0) is 4.79 Å². The molecule has 4 heteroatoms. The van der Waals surface area contributed by atoms with Gasteiger partial charge in [0.25, 0.3) is 5.91 Å². The van der Waals surface area contributed by atoms with E-state index >= 15 is 0 Å². The largest absolute Gasteiger partial charge is 0.345 e. The smallest absolute Gasteiger partial charge is 0.253 e. The fourth-order valence-corrected chi connectivity index (χ4v) is 2.91. The molecule has 146 valence electrons. The summed E-state index contributed by atoms with van der Waals surface area (Å²) >= 11 is 0. The van der Waals surface area contributed by atoms with Crippen molar-refractivity contribution >= 4 is 23.6 Å². The molecule has 0 aliphatic carbocycles. The molecule has 0 saturated carbocycles. The predicted molar refractivity (Wildman–Crippen MR) is 118 cm³/mol. The van der Waals surface area contributed by atoms with Crippen LogP contribution in [0.25, 0.3) is 6.08 Å². The van der Waals surface area contributed by atoms with E-state index in [2.05, 4.69) is 10.6 Å². The molecule has 0 spiro atoms. The Labute approximate surface area is 171 Å². The molecule has 0 bridgehead atoms. The third kappa shape index (κ3) is 5.66. The average molecular weight is 384 g/mol. The summed E-state index contributed by atoms with van der Waals surface area (Å²) in [6.07, 6.45) is 3.21. The van der Waals surface area contributed by atoms with E-state index in [9.17, 15) is 9.59 Å². The lowest BCUT2D eigenvalue weighted by atomic mass is 10.1. The second kappa shape index (κ2) is 9.51. The maximum absolute atomic E-state index is 12.8. The van der Waals surface area contributed by atoms with Crippen molar-refractivity contribution in [1.82, 2.24) is 5.32 Å². The molecular weight excluding hydrogens is 360 g/mol. The molecule has 0 saturated heterocycles. The number of carbonyl (C=O) groups excluding carboxylic acids is 2. The molecule has 2 N–H and O–H groups in total. The van der Waals surface area contributed by atoms with Crippen LogP contribution in [0.3, 0.4) is 0 Å². The molecule has 0 aliphatic heterocycles. The van der Waals surface area contributed by atoms with Crippen LogP contribution in [0, 0.1) is 6.92 Å². The number of rotatable bonds is 6. The Hall–Kier alpha value is -3.66. The summed E-state index contributed by atoms with van der Waals surface area (Å²) < 4.78 is 0. The number of aryl methyl sites for hydroxylation is 1. The zero-order valence-corrected chi connectivity index (χ0v) is 16.6. The van der Waals surface area contributed by atoms with Crippen LogP contribution in [-0.4, -0.2) is 11.8 Å². The van der Waals surface area contributed by atoms with E-state index in [1.165, 1.54) is 6.08 Å². The summed E-state index contributed by atoms with van der Waals surface area (Å²) in [6.45, 7) is 3.94. The molecule has 29 heavy (non-hydrogen) atoms. The zero-order chi connectivity index (χ0) is 20.6. The maximum Gasteiger partial charge on any atom is 0.253 e. The Morgan fingerprint density at radius 3 is 2.24 bits per heavy atom. The van der Waals surface area contributed by atoms with Crippen molar-refractivity contribution in [3.63, 3.8) is 0 Å². The van der Waals surface area contributed by atoms with Crippen molar-refractivity contribution < 1.29 is 9.59 Å². The molecule has 0 heterocycles. The van der Waals surface area contributed by atoms with Gasteiger partial charge in [-0.05, 0) is 43.2 Å². The Morgan fingerprint density at radius 2 is 1.52 bits per heavy atom. The number of nitrogens with one attached hydrogen (secondary N) is 2. The maximum atomic E-state index is 12.8. The van der Waals surface area contributed by atoms with Gasteiger partial charge in [0.1, 0.15) is 0 Å². The fourth-order valence-electron chi connectivity index (χ4n) is 2.91. The van der Waals surface area contributed by atoms with E-state index in [-0.39, 0.29) is 17.9 Å². The van der Waals surface area contributed by atoms with Crippen LogP contribution in [0.1, 0.15) is 40.0 Å². The van der Waals surface area contributed by atoms with Gasteiger partial charge in [-0.3, -0.25) is 9.59 Å². The summed E-state index contributed by atoms with van der Waals surface area (Å²) in [5.74, 6) is -0.526. The summed E-state index contributed by atoms with van der Waals surface area (Å²) in [7, 11) is 0.